The Morgan fingerprint density at radius 1 is 1.42 bits per heavy atom. The Morgan fingerprint density at radius 2 is 2.17 bits per heavy atom. The monoisotopic (exact) mass is 185 g/mol. The number of hydrogen-bond acceptors (Lipinski definition) is 3. The van der Waals surface area contributed by atoms with E-state index >= 15 is 0 Å². The lowest BCUT2D eigenvalue weighted by atomic mass is 10.3. The van der Waals surface area contributed by atoms with Crippen LogP contribution < -0.4 is 5.32 Å². The fourth-order valence-electron chi connectivity index (χ4n) is 0.747. The van der Waals surface area contributed by atoms with Crippen LogP contribution >= 0.6 is 11.6 Å². The van der Waals surface area contributed by atoms with Gasteiger partial charge in [0.05, 0.1) is 5.69 Å². The second-order valence-electron chi connectivity index (χ2n) is 2.88. The molecule has 0 aliphatic rings. The molecule has 0 radical (unpaired) electrons. The largest absolute Gasteiger partial charge is 0.309 e. The van der Waals surface area contributed by atoms with Crippen LogP contribution in [0.5, 0.6) is 0 Å². The molecular weight excluding hydrogens is 174 g/mol. The van der Waals surface area contributed by atoms with Gasteiger partial charge in [-0.15, -0.1) is 5.10 Å². The first-order valence-electron chi connectivity index (χ1n) is 3.90. The molecule has 0 amide bonds. The Bertz CT molecular complexity index is 233. The molecule has 0 fully saturated rings. The predicted molar refractivity (Wildman–Crippen MR) is 49.0 cm³/mol. The minimum Gasteiger partial charge on any atom is -0.309 e. The van der Waals surface area contributed by atoms with Gasteiger partial charge in [0.1, 0.15) is 0 Å². The van der Waals surface area contributed by atoms with Gasteiger partial charge >= 0.3 is 0 Å². The lowest BCUT2D eigenvalue weighted by molar-refractivity contribution is 0.577. The van der Waals surface area contributed by atoms with Crippen molar-refractivity contribution in [3.8, 4) is 0 Å². The van der Waals surface area contributed by atoms with E-state index in [1.807, 2.05) is 6.07 Å². The minimum absolute atomic E-state index is 0.434. The quantitative estimate of drug-likeness (QED) is 0.778. The van der Waals surface area contributed by atoms with Gasteiger partial charge in [0, 0.05) is 12.6 Å². The Balaban J connectivity index is 2.48. The van der Waals surface area contributed by atoms with Crippen molar-refractivity contribution in [1.29, 1.82) is 0 Å². The van der Waals surface area contributed by atoms with Crippen LogP contribution in [0.4, 0.5) is 0 Å². The van der Waals surface area contributed by atoms with E-state index in [1.165, 1.54) is 0 Å². The maximum atomic E-state index is 5.58. The molecule has 1 aromatic rings. The first kappa shape index (κ1) is 9.42. The zero-order valence-electron chi connectivity index (χ0n) is 7.21. The average Bonchev–Trinajstić information content (AvgIpc) is 2.03. The molecule has 0 bridgehead atoms. The standard InChI is InChI=1S/C8H12ClN3/c1-6(2)10-5-7-3-4-8(9)12-11-7/h3-4,6,10H,5H2,1-2H3. The van der Waals surface area contributed by atoms with Crippen LogP contribution in [0.25, 0.3) is 0 Å². The van der Waals surface area contributed by atoms with Crippen molar-refractivity contribution in [3.05, 3.63) is 23.0 Å². The van der Waals surface area contributed by atoms with Crippen LogP contribution in [-0.2, 0) is 6.54 Å². The van der Waals surface area contributed by atoms with E-state index < -0.39 is 0 Å². The molecule has 1 rings (SSSR count). The summed E-state index contributed by atoms with van der Waals surface area (Å²) in [5, 5.41) is 11.3. The van der Waals surface area contributed by atoms with Crippen molar-refractivity contribution in [2.24, 2.45) is 0 Å². The molecule has 66 valence electrons. The van der Waals surface area contributed by atoms with Gasteiger partial charge in [0.15, 0.2) is 5.15 Å². The molecule has 0 spiro atoms. The number of nitrogens with one attached hydrogen (secondary N) is 1. The summed E-state index contributed by atoms with van der Waals surface area (Å²) in [6, 6.07) is 4.07. The average molecular weight is 186 g/mol. The van der Waals surface area contributed by atoms with Crippen LogP contribution in [0.2, 0.25) is 5.15 Å². The molecule has 3 nitrogen and oxygen atoms in total. The zero-order chi connectivity index (χ0) is 8.97. The summed E-state index contributed by atoms with van der Waals surface area (Å²) in [6.45, 7) is 4.91. The Morgan fingerprint density at radius 3 is 2.67 bits per heavy atom. The molecule has 0 aliphatic heterocycles. The molecule has 1 heterocycles. The Labute approximate surface area is 77.2 Å². The summed E-state index contributed by atoms with van der Waals surface area (Å²) >= 11 is 5.58. The lowest BCUT2D eigenvalue weighted by Crippen LogP contribution is -2.22. The molecule has 0 saturated carbocycles. The van der Waals surface area contributed by atoms with Gasteiger partial charge in [-0.05, 0) is 12.1 Å². The van der Waals surface area contributed by atoms with E-state index in [1.54, 1.807) is 6.07 Å². The van der Waals surface area contributed by atoms with Crippen LogP contribution in [0.15, 0.2) is 12.1 Å². The molecule has 0 unspecified atom stereocenters. The smallest absolute Gasteiger partial charge is 0.151 e. The SMILES string of the molecule is CC(C)NCc1ccc(Cl)nn1. The third-order valence-electron chi connectivity index (χ3n) is 1.38. The van der Waals surface area contributed by atoms with Gasteiger partial charge in [-0.25, -0.2) is 0 Å². The first-order valence-corrected chi connectivity index (χ1v) is 4.28. The molecule has 12 heavy (non-hydrogen) atoms. The summed E-state index contributed by atoms with van der Waals surface area (Å²) in [7, 11) is 0. The van der Waals surface area contributed by atoms with Gasteiger partial charge in [-0.3, -0.25) is 0 Å². The molecule has 1 N–H and O–H groups in total. The maximum Gasteiger partial charge on any atom is 0.151 e. The van der Waals surface area contributed by atoms with Crippen molar-refractivity contribution in [2.75, 3.05) is 0 Å². The fraction of sp³-hybridized carbons (Fsp3) is 0.500. The normalized spacial score (nSPS) is 10.7. The van der Waals surface area contributed by atoms with E-state index in [2.05, 4.69) is 29.4 Å². The third-order valence-corrected chi connectivity index (χ3v) is 1.58. The summed E-state index contributed by atoms with van der Waals surface area (Å²) in [6.07, 6.45) is 0. The molecule has 4 heteroatoms. The van der Waals surface area contributed by atoms with Crippen LogP contribution in [-0.4, -0.2) is 16.2 Å². The number of nitrogens with zero attached hydrogens (tertiary/aromatic N) is 2. The highest BCUT2D eigenvalue weighted by molar-refractivity contribution is 6.29. The van der Waals surface area contributed by atoms with Crippen molar-refractivity contribution >= 4 is 11.6 Å². The lowest BCUT2D eigenvalue weighted by Gasteiger charge is -2.05. The summed E-state index contributed by atoms with van der Waals surface area (Å²) in [4.78, 5) is 0. The molecule has 0 aromatic carbocycles. The first-order chi connectivity index (χ1) is 5.68. The summed E-state index contributed by atoms with van der Waals surface area (Å²) < 4.78 is 0. The van der Waals surface area contributed by atoms with Crippen molar-refractivity contribution < 1.29 is 0 Å². The highest BCUT2D eigenvalue weighted by Crippen LogP contribution is 2.01. The topological polar surface area (TPSA) is 37.8 Å². The van der Waals surface area contributed by atoms with Crippen LogP contribution in [0, 0.1) is 0 Å². The van der Waals surface area contributed by atoms with E-state index in [-0.39, 0.29) is 0 Å². The number of aromatic nitrogens is 2. The maximum absolute atomic E-state index is 5.58. The van der Waals surface area contributed by atoms with E-state index in [9.17, 15) is 0 Å². The van der Waals surface area contributed by atoms with Gasteiger partial charge in [-0.2, -0.15) is 5.10 Å². The predicted octanol–water partition coefficient (Wildman–Crippen LogP) is 1.63. The molecular formula is C8H12ClN3. The second kappa shape index (κ2) is 4.38. The van der Waals surface area contributed by atoms with Gasteiger partial charge in [-0.1, -0.05) is 25.4 Å². The molecule has 0 saturated heterocycles. The number of halogens is 1. The summed E-state index contributed by atoms with van der Waals surface area (Å²) in [5.41, 5.74) is 0.910. The Kier molecular flexibility index (Phi) is 3.44. The molecule has 0 aliphatic carbocycles. The van der Waals surface area contributed by atoms with E-state index in [0.717, 1.165) is 12.2 Å². The number of rotatable bonds is 3. The Hall–Kier alpha value is -0.670. The van der Waals surface area contributed by atoms with Crippen molar-refractivity contribution in [3.63, 3.8) is 0 Å². The van der Waals surface area contributed by atoms with Gasteiger partial charge in [0.2, 0.25) is 0 Å². The molecule has 0 atom stereocenters. The summed E-state index contributed by atoms with van der Waals surface area (Å²) in [5.74, 6) is 0. The van der Waals surface area contributed by atoms with Crippen LogP contribution in [0.1, 0.15) is 19.5 Å². The minimum atomic E-state index is 0.434. The van der Waals surface area contributed by atoms with Crippen LogP contribution in [0.3, 0.4) is 0 Å². The fourth-order valence-corrected chi connectivity index (χ4v) is 0.847. The van der Waals surface area contributed by atoms with E-state index in [4.69, 9.17) is 11.6 Å². The van der Waals surface area contributed by atoms with Gasteiger partial charge in [0.25, 0.3) is 0 Å². The molecule has 1 aromatic heterocycles. The zero-order valence-corrected chi connectivity index (χ0v) is 7.97. The van der Waals surface area contributed by atoms with Crippen molar-refractivity contribution in [2.45, 2.75) is 26.4 Å². The second-order valence-corrected chi connectivity index (χ2v) is 3.27. The number of hydrogen-bond donors (Lipinski definition) is 1. The van der Waals surface area contributed by atoms with Crippen molar-refractivity contribution in [1.82, 2.24) is 15.5 Å². The highest BCUT2D eigenvalue weighted by atomic mass is 35.5. The highest BCUT2D eigenvalue weighted by Gasteiger charge is 1.96. The third kappa shape index (κ3) is 3.15. The van der Waals surface area contributed by atoms with Gasteiger partial charge < -0.3 is 5.32 Å². The van der Waals surface area contributed by atoms with E-state index in [0.29, 0.717) is 11.2 Å².